The van der Waals surface area contributed by atoms with Gasteiger partial charge in [-0.15, -0.1) is 0 Å². The Morgan fingerprint density at radius 2 is 1.90 bits per heavy atom. The summed E-state index contributed by atoms with van der Waals surface area (Å²) in [7, 11) is 2.28. The van der Waals surface area contributed by atoms with Crippen LogP contribution in [0.5, 0.6) is 0 Å². The number of fused-ring (bicyclic) bond motifs is 1. The van der Waals surface area contributed by atoms with E-state index in [4.69, 9.17) is 0 Å². The van der Waals surface area contributed by atoms with Crippen LogP contribution in [0.2, 0.25) is 0 Å². The van der Waals surface area contributed by atoms with Crippen LogP contribution in [0.4, 0.5) is 0 Å². The van der Waals surface area contributed by atoms with Crippen LogP contribution < -0.4 is 0 Å². The minimum absolute atomic E-state index is 0.823. The molecule has 58 valence electrons. The van der Waals surface area contributed by atoms with Crippen LogP contribution in [-0.4, -0.2) is 24.0 Å². The third-order valence-corrected chi connectivity index (χ3v) is 3.55. The first-order valence-corrected chi connectivity index (χ1v) is 4.42. The summed E-state index contributed by atoms with van der Waals surface area (Å²) in [5, 5.41) is 0. The Labute approximate surface area is 63.4 Å². The highest BCUT2D eigenvalue weighted by Crippen LogP contribution is 2.46. The van der Waals surface area contributed by atoms with Gasteiger partial charge in [0.2, 0.25) is 0 Å². The fourth-order valence-corrected chi connectivity index (χ4v) is 2.36. The van der Waals surface area contributed by atoms with Gasteiger partial charge in [-0.05, 0) is 38.6 Å². The predicted molar refractivity (Wildman–Crippen MR) is 42.9 cm³/mol. The molecule has 1 heterocycles. The highest BCUT2D eigenvalue weighted by Gasteiger charge is 2.47. The summed E-state index contributed by atoms with van der Waals surface area (Å²) in [6.45, 7) is 4.74. The van der Waals surface area contributed by atoms with Gasteiger partial charge < -0.3 is 4.90 Å². The normalized spacial score (nSPS) is 54.3. The standard InChI is InChI=1S/C9H17N/c1-6-4-8-5-9(8)10(3)7(6)2/h6-9H,4-5H2,1-3H3/t6-,7?,8+,9-/m0/s1. The fraction of sp³-hybridized carbons (Fsp3) is 1.00. The van der Waals surface area contributed by atoms with Crippen molar-refractivity contribution in [3.05, 3.63) is 0 Å². The van der Waals surface area contributed by atoms with Gasteiger partial charge in [-0.3, -0.25) is 0 Å². The van der Waals surface area contributed by atoms with Crippen LogP contribution >= 0.6 is 0 Å². The van der Waals surface area contributed by atoms with Crippen molar-refractivity contribution in [2.75, 3.05) is 7.05 Å². The second-order valence-corrected chi connectivity index (χ2v) is 4.18. The smallest absolute Gasteiger partial charge is 0.0127 e. The van der Waals surface area contributed by atoms with E-state index in [1.54, 1.807) is 0 Å². The van der Waals surface area contributed by atoms with Gasteiger partial charge in [0.25, 0.3) is 0 Å². The zero-order chi connectivity index (χ0) is 7.30. The van der Waals surface area contributed by atoms with E-state index >= 15 is 0 Å². The molecular formula is C9H17N. The summed E-state index contributed by atoms with van der Waals surface area (Å²) in [5.74, 6) is 1.99. The van der Waals surface area contributed by atoms with E-state index in [-0.39, 0.29) is 0 Å². The summed E-state index contributed by atoms with van der Waals surface area (Å²) in [6, 6.07) is 1.79. The van der Waals surface area contributed by atoms with Gasteiger partial charge in [0.05, 0.1) is 0 Å². The van der Waals surface area contributed by atoms with Crippen molar-refractivity contribution in [2.24, 2.45) is 11.8 Å². The third-order valence-electron chi connectivity index (χ3n) is 3.55. The molecule has 0 radical (unpaired) electrons. The van der Waals surface area contributed by atoms with Crippen LogP contribution in [0.1, 0.15) is 26.7 Å². The maximum absolute atomic E-state index is 2.57. The maximum atomic E-state index is 2.57. The molecule has 2 fully saturated rings. The summed E-state index contributed by atoms with van der Waals surface area (Å²) in [6.07, 6.45) is 2.96. The molecular weight excluding hydrogens is 122 g/mol. The Kier molecular flexibility index (Phi) is 1.31. The zero-order valence-electron chi connectivity index (χ0n) is 7.17. The molecule has 4 atom stereocenters. The van der Waals surface area contributed by atoms with E-state index in [1.165, 1.54) is 12.8 Å². The summed E-state index contributed by atoms with van der Waals surface area (Å²) in [5.41, 5.74) is 0. The lowest BCUT2D eigenvalue weighted by Gasteiger charge is -2.34. The van der Waals surface area contributed by atoms with Gasteiger partial charge in [0, 0.05) is 12.1 Å². The van der Waals surface area contributed by atoms with Crippen molar-refractivity contribution in [1.82, 2.24) is 4.90 Å². The average molecular weight is 139 g/mol. The Morgan fingerprint density at radius 3 is 2.60 bits per heavy atom. The molecule has 2 rings (SSSR count). The van der Waals surface area contributed by atoms with E-state index in [1.807, 2.05) is 0 Å². The number of rotatable bonds is 0. The first kappa shape index (κ1) is 6.66. The monoisotopic (exact) mass is 139 g/mol. The number of piperidine rings is 1. The van der Waals surface area contributed by atoms with Crippen molar-refractivity contribution < 1.29 is 0 Å². The summed E-state index contributed by atoms with van der Waals surface area (Å²) >= 11 is 0. The number of hydrogen-bond acceptors (Lipinski definition) is 1. The lowest BCUT2D eigenvalue weighted by atomic mass is 9.92. The molecule has 1 nitrogen and oxygen atoms in total. The van der Waals surface area contributed by atoms with Gasteiger partial charge in [-0.2, -0.15) is 0 Å². The summed E-state index contributed by atoms with van der Waals surface area (Å²) < 4.78 is 0. The first-order valence-electron chi connectivity index (χ1n) is 4.42. The number of likely N-dealkylation sites (tertiary alicyclic amines) is 1. The molecule has 0 aromatic heterocycles. The highest BCUT2D eigenvalue weighted by molar-refractivity contribution is 5.01. The highest BCUT2D eigenvalue weighted by atomic mass is 15.2. The Morgan fingerprint density at radius 1 is 1.20 bits per heavy atom. The van der Waals surface area contributed by atoms with Gasteiger partial charge >= 0.3 is 0 Å². The van der Waals surface area contributed by atoms with Gasteiger partial charge in [0.1, 0.15) is 0 Å². The molecule has 0 aromatic carbocycles. The average Bonchev–Trinajstić information content (AvgIpc) is 2.62. The second kappa shape index (κ2) is 1.97. The molecule has 1 unspecified atom stereocenters. The van der Waals surface area contributed by atoms with E-state index in [0.717, 1.165) is 23.9 Å². The van der Waals surface area contributed by atoms with Crippen molar-refractivity contribution in [2.45, 2.75) is 38.8 Å². The Bertz CT molecular complexity index is 142. The maximum Gasteiger partial charge on any atom is 0.0127 e. The number of hydrogen-bond donors (Lipinski definition) is 0. The zero-order valence-corrected chi connectivity index (χ0v) is 7.17. The van der Waals surface area contributed by atoms with Crippen molar-refractivity contribution in [1.29, 1.82) is 0 Å². The van der Waals surface area contributed by atoms with Crippen molar-refractivity contribution >= 4 is 0 Å². The molecule has 0 bridgehead atoms. The van der Waals surface area contributed by atoms with Crippen LogP contribution in [-0.2, 0) is 0 Å². The lowest BCUT2D eigenvalue weighted by Crippen LogP contribution is -2.40. The summed E-state index contributed by atoms with van der Waals surface area (Å²) in [4.78, 5) is 2.57. The fourth-order valence-electron chi connectivity index (χ4n) is 2.36. The van der Waals surface area contributed by atoms with Crippen LogP contribution in [0.25, 0.3) is 0 Å². The minimum Gasteiger partial charge on any atom is -0.300 e. The Balaban J connectivity index is 2.07. The largest absolute Gasteiger partial charge is 0.300 e. The molecule has 1 saturated heterocycles. The quantitative estimate of drug-likeness (QED) is 0.494. The van der Waals surface area contributed by atoms with E-state index < -0.39 is 0 Å². The van der Waals surface area contributed by atoms with Crippen molar-refractivity contribution in [3.8, 4) is 0 Å². The number of nitrogens with zero attached hydrogens (tertiary/aromatic N) is 1. The molecule has 2 aliphatic rings. The van der Waals surface area contributed by atoms with Crippen LogP contribution in [0.15, 0.2) is 0 Å². The molecule has 1 saturated carbocycles. The van der Waals surface area contributed by atoms with E-state index in [2.05, 4.69) is 25.8 Å². The molecule has 0 aromatic rings. The molecule has 0 amide bonds. The first-order chi connectivity index (χ1) is 4.70. The van der Waals surface area contributed by atoms with Gasteiger partial charge in [0.15, 0.2) is 0 Å². The third kappa shape index (κ3) is 0.800. The molecule has 1 aliphatic carbocycles. The van der Waals surface area contributed by atoms with Crippen LogP contribution in [0.3, 0.4) is 0 Å². The van der Waals surface area contributed by atoms with E-state index in [0.29, 0.717) is 0 Å². The Hall–Kier alpha value is -0.0400. The SMILES string of the molecule is CC1[C@@H](C)C[C@@H]2C[C@@H]2N1C. The van der Waals surface area contributed by atoms with Crippen molar-refractivity contribution in [3.63, 3.8) is 0 Å². The topological polar surface area (TPSA) is 3.24 Å². The molecule has 0 spiro atoms. The lowest BCUT2D eigenvalue weighted by molar-refractivity contribution is 0.136. The van der Waals surface area contributed by atoms with E-state index in [9.17, 15) is 0 Å². The molecule has 0 N–H and O–H groups in total. The molecule has 1 aliphatic heterocycles. The second-order valence-electron chi connectivity index (χ2n) is 4.18. The predicted octanol–water partition coefficient (Wildman–Crippen LogP) is 1.74. The molecule has 10 heavy (non-hydrogen) atoms. The van der Waals surface area contributed by atoms with Crippen LogP contribution in [0, 0.1) is 11.8 Å². The molecule has 1 heteroatoms. The van der Waals surface area contributed by atoms with Gasteiger partial charge in [-0.1, -0.05) is 6.92 Å². The van der Waals surface area contributed by atoms with Gasteiger partial charge in [-0.25, -0.2) is 0 Å². The minimum atomic E-state index is 0.823.